The normalized spacial score (nSPS) is 18.5. The summed E-state index contributed by atoms with van der Waals surface area (Å²) >= 11 is 0. The van der Waals surface area contributed by atoms with Crippen molar-refractivity contribution in [3.8, 4) is 5.75 Å². The van der Waals surface area contributed by atoms with Gasteiger partial charge in [0.1, 0.15) is 5.75 Å². The molecular weight excluding hydrogens is 242 g/mol. The van der Waals surface area contributed by atoms with Crippen LogP contribution in [-0.2, 0) is 4.79 Å². The van der Waals surface area contributed by atoms with E-state index in [4.69, 9.17) is 10.5 Å². The van der Waals surface area contributed by atoms with E-state index in [9.17, 15) is 4.79 Å². The number of carbonyl (C=O) groups excluding carboxylic acids is 1. The van der Waals surface area contributed by atoms with Crippen LogP contribution in [0.25, 0.3) is 0 Å². The van der Waals surface area contributed by atoms with Gasteiger partial charge in [0, 0.05) is 25.7 Å². The lowest BCUT2D eigenvalue weighted by molar-refractivity contribution is -0.121. The molecule has 1 aliphatic heterocycles. The van der Waals surface area contributed by atoms with Crippen molar-refractivity contribution >= 4 is 11.6 Å². The van der Waals surface area contributed by atoms with E-state index in [0.717, 1.165) is 18.0 Å². The lowest BCUT2D eigenvalue weighted by Crippen LogP contribution is -2.54. The number of anilines is 1. The van der Waals surface area contributed by atoms with Gasteiger partial charge < -0.3 is 15.4 Å². The number of amides is 1. The van der Waals surface area contributed by atoms with Crippen molar-refractivity contribution in [2.75, 3.05) is 38.2 Å². The van der Waals surface area contributed by atoms with E-state index in [1.807, 2.05) is 31.2 Å². The number of carbonyl (C=O) groups is 1. The Balaban J connectivity index is 2.14. The minimum atomic E-state index is 0.0936. The average molecular weight is 263 g/mol. The molecule has 1 atom stereocenters. The second-order valence-electron chi connectivity index (χ2n) is 4.77. The van der Waals surface area contributed by atoms with Crippen LogP contribution in [0.5, 0.6) is 5.75 Å². The summed E-state index contributed by atoms with van der Waals surface area (Å²) in [6, 6.07) is 7.85. The number of piperazine rings is 1. The van der Waals surface area contributed by atoms with Crippen LogP contribution in [0.3, 0.4) is 0 Å². The van der Waals surface area contributed by atoms with Crippen LogP contribution in [0.2, 0.25) is 0 Å². The summed E-state index contributed by atoms with van der Waals surface area (Å²) in [7, 11) is 1.62. The zero-order valence-electron chi connectivity index (χ0n) is 11.5. The fraction of sp³-hybridized carbons (Fsp3) is 0.500. The Hall–Kier alpha value is -1.59. The molecule has 5 heteroatoms. The van der Waals surface area contributed by atoms with Gasteiger partial charge in [-0.2, -0.15) is 0 Å². The van der Waals surface area contributed by atoms with Crippen molar-refractivity contribution in [2.45, 2.75) is 13.0 Å². The molecule has 19 heavy (non-hydrogen) atoms. The number of ether oxygens (including phenoxy) is 1. The first-order chi connectivity index (χ1) is 9.17. The fourth-order valence-electron chi connectivity index (χ4n) is 2.32. The average Bonchev–Trinajstić information content (AvgIpc) is 2.46. The molecule has 1 aromatic rings. The van der Waals surface area contributed by atoms with Crippen LogP contribution < -0.4 is 15.4 Å². The highest BCUT2D eigenvalue weighted by Gasteiger charge is 2.28. The molecule has 1 aliphatic rings. The third kappa shape index (κ3) is 2.88. The van der Waals surface area contributed by atoms with E-state index in [1.165, 1.54) is 0 Å². The number of para-hydroxylation sites is 2. The van der Waals surface area contributed by atoms with Crippen molar-refractivity contribution in [1.29, 1.82) is 0 Å². The molecule has 2 rings (SSSR count). The summed E-state index contributed by atoms with van der Waals surface area (Å²) in [5.74, 6) is 0.826. The maximum atomic E-state index is 12.3. The third-order valence-corrected chi connectivity index (χ3v) is 3.59. The van der Waals surface area contributed by atoms with Crippen LogP contribution in [0, 0.1) is 0 Å². The molecule has 1 aromatic carbocycles. The molecule has 2 N–H and O–H groups in total. The second kappa shape index (κ2) is 6.04. The summed E-state index contributed by atoms with van der Waals surface area (Å²) in [6.07, 6.45) is 0. The molecule has 1 saturated heterocycles. The summed E-state index contributed by atoms with van der Waals surface area (Å²) < 4.78 is 5.31. The Morgan fingerprint density at radius 2 is 2.11 bits per heavy atom. The Kier molecular flexibility index (Phi) is 4.39. The van der Waals surface area contributed by atoms with Crippen molar-refractivity contribution in [2.24, 2.45) is 5.73 Å². The quantitative estimate of drug-likeness (QED) is 0.868. The SMILES string of the molecule is COc1ccccc1N1CCN(C(C)CN)CC1=O. The highest BCUT2D eigenvalue weighted by molar-refractivity contribution is 5.96. The fourth-order valence-corrected chi connectivity index (χ4v) is 2.32. The predicted molar refractivity (Wildman–Crippen MR) is 75.4 cm³/mol. The standard InChI is InChI=1S/C14H21N3O2/c1-11(9-15)16-7-8-17(14(18)10-16)12-5-3-4-6-13(12)19-2/h3-6,11H,7-10,15H2,1-2H3. The molecule has 0 aliphatic carbocycles. The van der Waals surface area contributed by atoms with E-state index < -0.39 is 0 Å². The third-order valence-electron chi connectivity index (χ3n) is 3.59. The molecule has 0 saturated carbocycles. The smallest absolute Gasteiger partial charge is 0.241 e. The molecule has 1 heterocycles. The molecular formula is C14H21N3O2. The van der Waals surface area contributed by atoms with Gasteiger partial charge >= 0.3 is 0 Å². The number of nitrogens with two attached hydrogens (primary N) is 1. The Morgan fingerprint density at radius 3 is 2.74 bits per heavy atom. The molecule has 0 bridgehead atoms. The monoisotopic (exact) mass is 263 g/mol. The van der Waals surface area contributed by atoms with Gasteiger partial charge in [-0.1, -0.05) is 12.1 Å². The molecule has 0 aromatic heterocycles. The van der Waals surface area contributed by atoms with Gasteiger partial charge in [-0.3, -0.25) is 9.69 Å². The van der Waals surface area contributed by atoms with Crippen LogP contribution in [0.4, 0.5) is 5.69 Å². The Labute approximate surface area is 113 Å². The summed E-state index contributed by atoms with van der Waals surface area (Å²) in [6.45, 7) is 4.54. The van der Waals surface area contributed by atoms with Gasteiger partial charge in [0.15, 0.2) is 0 Å². The molecule has 104 valence electrons. The maximum Gasteiger partial charge on any atom is 0.241 e. The minimum absolute atomic E-state index is 0.0936. The van der Waals surface area contributed by atoms with Crippen molar-refractivity contribution in [3.05, 3.63) is 24.3 Å². The van der Waals surface area contributed by atoms with E-state index in [2.05, 4.69) is 4.90 Å². The van der Waals surface area contributed by atoms with Gasteiger partial charge in [0.2, 0.25) is 5.91 Å². The van der Waals surface area contributed by atoms with Gasteiger partial charge in [0.25, 0.3) is 0 Å². The Morgan fingerprint density at radius 1 is 1.37 bits per heavy atom. The number of benzene rings is 1. The van der Waals surface area contributed by atoms with E-state index in [1.54, 1.807) is 12.0 Å². The highest BCUT2D eigenvalue weighted by atomic mass is 16.5. The number of methoxy groups -OCH3 is 1. The molecule has 0 spiro atoms. The van der Waals surface area contributed by atoms with Crippen molar-refractivity contribution in [3.63, 3.8) is 0 Å². The predicted octanol–water partition coefficient (Wildman–Crippen LogP) is 0.691. The van der Waals surface area contributed by atoms with Crippen LogP contribution in [0.15, 0.2) is 24.3 Å². The number of rotatable bonds is 4. The zero-order chi connectivity index (χ0) is 13.8. The summed E-state index contributed by atoms with van der Waals surface area (Å²) in [4.78, 5) is 16.2. The lowest BCUT2D eigenvalue weighted by atomic mass is 10.2. The van der Waals surface area contributed by atoms with Gasteiger partial charge in [0.05, 0.1) is 19.3 Å². The molecule has 1 amide bonds. The second-order valence-corrected chi connectivity index (χ2v) is 4.77. The topological polar surface area (TPSA) is 58.8 Å². The number of nitrogens with zero attached hydrogens (tertiary/aromatic N) is 2. The van der Waals surface area contributed by atoms with E-state index >= 15 is 0 Å². The van der Waals surface area contributed by atoms with E-state index in [-0.39, 0.29) is 11.9 Å². The summed E-state index contributed by atoms with van der Waals surface area (Å²) in [5, 5.41) is 0. The van der Waals surface area contributed by atoms with Gasteiger partial charge in [-0.15, -0.1) is 0 Å². The minimum Gasteiger partial charge on any atom is -0.495 e. The first-order valence-corrected chi connectivity index (χ1v) is 6.55. The van der Waals surface area contributed by atoms with E-state index in [0.29, 0.717) is 19.6 Å². The molecule has 1 unspecified atom stereocenters. The Bertz CT molecular complexity index is 450. The number of hydrogen-bond acceptors (Lipinski definition) is 4. The summed E-state index contributed by atoms with van der Waals surface area (Å²) in [5.41, 5.74) is 6.50. The zero-order valence-corrected chi connectivity index (χ0v) is 11.5. The van der Waals surface area contributed by atoms with Crippen molar-refractivity contribution < 1.29 is 9.53 Å². The molecule has 1 fully saturated rings. The van der Waals surface area contributed by atoms with Gasteiger partial charge in [-0.05, 0) is 19.1 Å². The van der Waals surface area contributed by atoms with Crippen LogP contribution >= 0.6 is 0 Å². The lowest BCUT2D eigenvalue weighted by Gasteiger charge is -2.37. The largest absolute Gasteiger partial charge is 0.495 e. The van der Waals surface area contributed by atoms with Crippen molar-refractivity contribution in [1.82, 2.24) is 4.90 Å². The first kappa shape index (κ1) is 13.8. The molecule has 5 nitrogen and oxygen atoms in total. The highest BCUT2D eigenvalue weighted by Crippen LogP contribution is 2.28. The number of hydrogen-bond donors (Lipinski definition) is 1. The molecule has 0 radical (unpaired) electrons. The maximum absolute atomic E-state index is 12.3. The van der Waals surface area contributed by atoms with Crippen LogP contribution in [0.1, 0.15) is 6.92 Å². The van der Waals surface area contributed by atoms with Crippen LogP contribution in [-0.4, -0.2) is 50.1 Å². The first-order valence-electron chi connectivity index (χ1n) is 6.55. The van der Waals surface area contributed by atoms with Gasteiger partial charge in [-0.25, -0.2) is 0 Å².